The fraction of sp³-hybridized carbons (Fsp3) is 0.750. The van der Waals surface area contributed by atoms with Gasteiger partial charge < -0.3 is 14.2 Å². The van der Waals surface area contributed by atoms with Crippen molar-refractivity contribution in [1.82, 2.24) is 0 Å². The van der Waals surface area contributed by atoms with Crippen molar-refractivity contribution >= 4 is 5.97 Å². The van der Waals surface area contributed by atoms with E-state index >= 15 is 0 Å². The number of ether oxygens (including phenoxy) is 3. The van der Waals surface area contributed by atoms with E-state index in [4.69, 9.17) is 10.00 Å². The van der Waals surface area contributed by atoms with Crippen LogP contribution in [0.5, 0.6) is 0 Å². The third-order valence-electron chi connectivity index (χ3n) is 1.37. The van der Waals surface area contributed by atoms with E-state index in [2.05, 4.69) is 9.47 Å². The third kappa shape index (κ3) is 6.08. The summed E-state index contributed by atoms with van der Waals surface area (Å²) < 4.78 is 14.0. The van der Waals surface area contributed by atoms with E-state index in [1.54, 1.807) is 0 Å². The summed E-state index contributed by atoms with van der Waals surface area (Å²) in [5.74, 6) is -0.346. The van der Waals surface area contributed by atoms with Gasteiger partial charge in [0.25, 0.3) is 0 Å². The maximum absolute atomic E-state index is 10.7. The van der Waals surface area contributed by atoms with E-state index < -0.39 is 6.10 Å². The maximum atomic E-state index is 10.7. The van der Waals surface area contributed by atoms with Crippen LogP contribution in [-0.2, 0) is 19.0 Å². The van der Waals surface area contributed by atoms with Crippen LogP contribution in [0.4, 0.5) is 0 Å². The van der Waals surface area contributed by atoms with Gasteiger partial charge in [-0.05, 0) is 6.42 Å². The predicted octanol–water partition coefficient (Wildman–Crippen LogP) is 0.452. The van der Waals surface area contributed by atoms with Gasteiger partial charge >= 0.3 is 5.97 Å². The normalized spacial score (nSPS) is 11.8. The Balaban J connectivity index is 3.60. The molecule has 0 heterocycles. The SMILES string of the molecule is COCO[C@H](C#N)CCC(=O)OC. The van der Waals surface area contributed by atoms with Gasteiger partial charge in [-0.15, -0.1) is 0 Å². The Morgan fingerprint density at radius 2 is 2.23 bits per heavy atom. The quantitative estimate of drug-likeness (QED) is 0.446. The lowest BCUT2D eigenvalue weighted by Gasteiger charge is -2.08. The van der Waals surface area contributed by atoms with E-state index in [1.807, 2.05) is 6.07 Å². The fourth-order valence-electron chi connectivity index (χ4n) is 0.686. The average molecular weight is 187 g/mol. The van der Waals surface area contributed by atoms with Gasteiger partial charge in [0.2, 0.25) is 0 Å². The van der Waals surface area contributed by atoms with Gasteiger partial charge in [-0.2, -0.15) is 5.26 Å². The zero-order chi connectivity index (χ0) is 10.1. The topological polar surface area (TPSA) is 68.5 Å². The molecule has 0 spiro atoms. The highest BCUT2D eigenvalue weighted by Crippen LogP contribution is 2.02. The first-order valence-electron chi connectivity index (χ1n) is 3.81. The number of esters is 1. The van der Waals surface area contributed by atoms with Crippen molar-refractivity contribution < 1.29 is 19.0 Å². The molecular weight excluding hydrogens is 174 g/mol. The zero-order valence-electron chi connectivity index (χ0n) is 7.78. The van der Waals surface area contributed by atoms with Crippen LogP contribution in [0.1, 0.15) is 12.8 Å². The second kappa shape index (κ2) is 7.53. The molecule has 0 unspecified atom stereocenters. The Labute approximate surface area is 77.2 Å². The Bertz CT molecular complexity index is 187. The third-order valence-corrected chi connectivity index (χ3v) is 1.37. The largest absolute Gasteiger partial charge is 0.469 e. The van der Waals surface area contributed by atoms with E-state index in [9.17, 15) is 4.79 Å². The number of hydrogen-bond donors (Lipinski definition) is 0. The average Bonchev–Trinajstić information content (AvgIpc) is 2.17. The summed E-state index contributed by atoms with van der Waals surface area (Å²) >= 11 is 0. The molecule has 0 fully saturated rings. The highest BCUT2D eigenvalue weighted by molar-refractivity contribution is 5.69. The molecule has 0 N–H and O–H groups in total. The molecule has 0 aliphatic heterocycles. The second-order valence-corrected chi connectivity index (χ2v) is 2.31. The molecule has 0 amide bonds. The summed E-state index contributed by atoms with van der Waals surface area (Å²) in [6.45, 7) is 0.0550. The lowest BCUT2D eigenvalue weighted by Crippen LogP contribution is -2.14. The standard InChI is InChI=1S/C8H13NO4/c1-11-6-13-7(5-9)3-4-8(10)12-2/h7H,3-4,6H2,1-2H3/t7-/m0/s1. The van der Waals surface area contributed by atoms with Gasteiger partial charge in [0.15, 0.2) is 0 Å². The van der Waals surface area contributed by atoms with Crippen LogP contribution in [0.15, 0.2) is 0 Å². The van der Waals surface area contributed by atoms with Gasteiger partial charge in [-0.1, -0.05) is 0 Å². The lowest BCUT2D eigenvalue weighted by atomic mass is 10.2. The van der Waals surface area contributed by atoms with Crippen LogP contribution in [0.3, 0.4) is 0 Å². The Hall–Kier alpha value is -1.12. The molecule has 0 aliphatic carbocycles. The molecule has 1 atom stereocenters. The fourth-order valence-corrected chi connectivity index (χ4v) is 0.686. The molecule has 0 aromatic carbocycles. The van der Waals surface area contributed by atoms with Crippen LogP contribution in [0.2, 0.25) is 0 Å². The molecular formula is C8H13NO4. The van der Waals surface area contributed by atoms with Crippen molar-refractivity contribution in [2.75, 3.05) is 21.0 Å². The molecule has 13 heavy (non-hydrogen) atoms. The minimum Gasteiger partial charge on any atom is -0.469 e. The summed E-state index contributed by atoms with van der Waals surface area (Å²) in [7, 11) is 2.77. The molecule has 0 rings (SSSR count). The highest BCUT2D eigenvalue weighted by atomic mass is 16.7. The number of methoxy groups -OCH3 is 2. The first-order chi connectivity index (χ1) is 6.24. The molecule has 0 saturated carbocycles. The lowest BCUT2D eigenvalue weighted by molar-refractivity contribution is -0.141. The van der Waals surface area contributed by atoms with Crippen LogP contribution in [0.25, 0.3) is 0 Å². The van der Waals surface area contributed by atoms with E-state index in [0.717, 1.165) is 0 Å². The van der Waals surface area contributed by atoms with Gasteiger partial charge in [-0.3, -0.25) is 4.79 Å². The second-order valence-electron chi connectivity index (χ2n) is 2.31. The molecule has 0 aromatic heterocycles. The van der Waals surface area contributed by atoms with E-state index in [1.165, 1.54) is 14.2 Å². The monoisotopic (exact) mass is 187 g/mol. The van der Waals surface area contributed by atoms with Crippen molar-refractivity contribution in [3.63, 3.8) is 0 Å². The molecule has 0 aliphatic rings. The van der Waals surface area contributed by atoms with Crippen LogP contribution < -0.4 is 0 Å². The maximum Gasteiger partial charge on any atom is 0.305 e. The van der Waals surface area contributed by atoms with E-state index in [-0.39, 0.29) is 19.2 Å². The Morgan fingerprint density at radius 3 is 2.69 bits per heavy atom. The van der Waals surface area contributed by atoms with Crippen molar-refractivity contribution in [3.8, 4) is 6.07 Å². The molecule has 0 bridgehead atoms. The predicted molar refractivity (Wildman–Crippen MR) is 43.6 cm³/mol. The van der Waals surface area contributed by atoms with Gasteiger partial charge in [0.1, 0.15) is 12.9 Å². The Morgan fingerprint density at radius 1 is 1.54 bits per heavy atom. The number of rotatable bonds is 6. The van der Waals surface area contributed by atoms with E-state index in [0.29, 0.717) is 6.42 Å². The van der Waals surface area contributed by atoms with Gasteiger partial charge in [0.05, 0.1) is 13.2 Å². The summed E-state index contributed by atoms with van der Waals surface area (Å²) in [5.41, 5.74) is 0. The number of carbonyl (C=O) groups excluding carboxylic acids is 1. The number of nitriles is 1. The van der Waals surface area contributed by atoms with Gasteiger partial charge in [0, 0.05) is 13.5 Å². The number of hydrogen-bond acceptors (Lipinski definition) is 5. The molecule has 0 radical (unpaired) electrons. The number of carbonyl (C=O) groups is 1. The van der Waals surface area contributed by atoms with Crippen LogP contribution >= 0.6 is 0 Å². The molecule has 0 aromatic rings. The molecule has 74 valence electrons. The smallest absolute Gasteiger partial charge is 0.305 e. The first kappa shape index (κ1) is 11.9. The Kier molecular flexibility index (Phi) is 6.88. The summed E-state index contributed by atoms with van der Waals surface area (Å²) in [4.78, 5) is 10.7. The summed E-state index contributed by atoms with van der Waals surface area (Å²) in [6.07, 6.45) is -0.107. The molecule has 5 nitrogen and oxygen atoms in total. The van der Waals surface area contributed by atoms with Crippen LogP contribution in [-0.4, -0.2) is 33.1 Å². The minimum absolute atomic E-state index is 0.0550. The molecule has 5 heteroatoms. The zero-order valence-corrected chi connectivity index (χ0v) is 7.78. The first-order valence-corrected chi connectivity index (χ1v) is 3.81. The minimum atomic E-state index is -0.612. The molecule has 0 saturated heterocycles. The van der Waals surface area contributed by atoms with Crippen molar-refractivity contribution in [1.29, 1.82) is 5.26 Å². The highest BCUT2D eigenvalue weighted by Gasteiger charge is 2.10. The summed E-state index contributed by atoms with van der Waals surface area (Å²) in [5, 5.41) is 8.56. The van der Waals surface area contributed by atoms with Crippen LogP contribution in [0, 0.1) is 11.3 Å². The van der Waals surface area contributed by atoms with Crippen molar-refractivity contribution in [3.05, 3.63) is 0 Å². The van der Waals surface area contributed by atoms with Gasteiger partial charge in [-0.25, -0.2) is 0 Å². The van der Waals surface area contributed by atoms with Crippen molar-refractivity contribution in [2.45, 2.75) is 18.9 Å². The van der Waals surface area contributed by atoms with Crippen molar-refractivity contribution in [2.24, 2.45) is 0 Å². The number of nitrogens with zero attached hydrogens (tertiary/aromatic N) is 1. The summed E-state index contributed by atoms with van der Waals surface area (Å²) in [6, 6.07) is 1.91.